The van der Waals surface area contributed by atoms with E-state index in [1.807, 2.05) is 0 Å². The number of nitrogens with one attached hydrogen (secondary N) is 2. The molecule has 2 amide bonds. The van der Waals surface area contributed by atoms with Gasteiger partial charge < -0.3 is 20.1 Å². The molecule has 0 unspecified atom stereocenters. The molecule has 6 nitrogen and oxygen atoms in total. The number of rotatable bonds is 4. The van der Waals surface area contributed by atoms with Crippen LogP contribution in [0.25, 0.3) is 0 Å². The summed E-state index contributed by atoms with van der Waals surface area (Å²) in [7, 11) is 4.19. The summed E-state index contributed by atoms with van der Waals surface area (Å²) in [5.74, 6) is -0.341. The molecule has 6 heteroatoms. The van der Waals surface area contributed by atoms with Crippen molar-refractivity contribution >= 4 is 12.0 Å². The van der Waals surface area contributed by atoms with Crippen LogP contribution in [0.4, 0.5) is 4.79 Å². The van der Waals surface area contributed by atoms with Crippen molar-refractivity contribution in [1.29, 1.82) is 0 Å². The Morgan fingerprint density at radius 1 is 1.27 bits per heavy atom. The van der Waals surface area contributed by atoms with E-state index in [-0.39, 0.29) is 5.91 Å². The third-order valence-corrected chi connectivity index (χ3v) is 2.18. The van der Waals surface area contributed by atoms with Crippen molar-refractivity contribution < 1.29 is 19.1 Å². The molecule has 0 saturated heterocycles. The van der Waals surface area contributed by atoms with Gasteiger partial charge in [0.15, 0.2) is 0 Å². The highest BCUT2D eigenvalue weighted by Gasteiger charge is 2.36. The summed E-state index contributed by atoms with van der Waals surface area (Å²) in [5, 5.41) is 4.86. The zero-order valence-electron chi connectivity index (χ0n) is 9.71. The zero-order valence-corrected chi connectivity index (χ0v) is 9.71. The average molecular weight is 218 g/mol. The van der Waals surface area contributed by atoms with Crippen molar-refractivity contribution in [2.45, 2.75) is 25.5 Å². The highest BCUT2D eigenvalue weighted by Crippen LogP contribution is 2.14. The molecule has 0 heterocycles. The molecule has 0 saturated carbocycles. The highest BCUT2D eigenvalue weighted by atomic mass is 16.5. The van der Waals surface area contributed by atoms with Gasteiger partial charge in [0.25, 0.3) is 0 Å². The summed E-state index contributed by atoms with van der Waals surface area (Å²) in [6.07, 6.45) is -0.672. The zero-order chi connectivity index (χ0) is 12.1. The predicted octanol–water partition coefficient (Wildman–Crippen LogP) is -0.118. The van der Waals surface area contributed by atoms with Gasteiger partial charge in [-0.25, -0.2) is 4.79 Å². The molecule has 0 aliphatic rings. The Bertz CT molecular complexity index is 240. The maximum atomic E-state index is 11.5. The lowest BCUT2D eigenvalue weighted by molar-refractivity contribution is -0.129. The Morgan fingerprint density at radius 3 is 2.13 bits per heavy atom. The van der Waals surface area contributed by atoms with Crippen LogP contribution in [-0.4, -0.2) is 44.9 Å². The fourth-order valence-corrected chi connectivity index (χ4v) is 0.994. The van der Waals surface area contributed by atoms with Gasteiger partial charge >= 0.3 is 6.09 Å². The topological polar surface area (TPSA) is 76.7 Å². The number of amides is 2. The van der Waals surface area contributed by atoms with E-state index in [9.17, 15) is 9.59 Å². The van der Waals surface area contributed by atoms with Crippen molar-refractivity contribution in [3.63, 3.8) is 0 Å². The molecule has 0 fully saturated rings. The molecule has 0 aromatic heterocycles. The van der Waals surface area contributed by atoms with Crippen LogP contribution in [0.15, 0.2) is 0 Å². The second kappa shape index (κ2) is 5.55. The van der Waals surface area contributed by atoms with Crippen LogP contribution in [0.2, 0.25) is 0 Å². The number of carbonyl (C=O) groups excluding carboxylic acids is 2. The average Bonchev–Trinajstić information content (AvgIpc) is 2.24. The van der Waals surface area contributed by atoms with Gasteiger partial charge in [-0.15, -0.1) is 0 Å². The molecule has 0 aliphatic carbocycles. The van der Waals surface area contributed by atoms with Crippen LogP contribution in [0.5, 0.6) is 0 Å². The molecule has 15 heavy (non-hydrogen) atoms. The van der Waals surface area contributed by atoms with E-state index in [0.29, 0.717) is 0 Å². The molecule has 0 radical (unpaired) electrons. The molecular formula is C9H18N2O4. The quantitative estimate of drug-likeness (QED) is 0.689. The van der Waals surface area contributed by atoms with Gasteiger partial charge in [0.05, 0.1) is 12.7 Å². The second-order valence-corrected chi connectivity index (χ2v) is 3.49. The van der Waals surface area contributed by atoms with Crippen LogP contribution in [0, 0.1) is 0 Å². The first-order chi connectivity index (χ1) is 6.88. The summed E-state index contributed by atoms with van der Waals surface area (Å²) in [5.41, 5.74) is -0.811. The molecule has 0 spiro atoms. The minimum Gasteiger partial charge on any atom is -0.453 e. The molecule has 0 aliphatic heterocycles. The maximum absolute atomic E-state index is 11.5. The van der Waals surface area contributed by atoms with Gasteiger partial charge in [0.1, 0.15) is 6.04 Å². The van der Waals surface area contributed by atoms with Crippen LogP contribution < -0.4 is 10.6 Å². The SMILES string of the molecule is CNC(=O)[C@@H](NC(=O)OC)C(C)(C)OC. The monoisotopic (exact) mass is 218 g/mol. The molecule has 0 rings (SSSR count). The lowest BCUT2D eigenvalue weighted by atomic mass is 9.98. The van der Waals surface area contributed by atoms with Crippen molar-refractivity contribution in [2.75, 3.05) is 21.3 Å². The maximum Gasteiger partial charge on any atom is 0.407 e. The van der Waals surface area contributed by atoms with Crippen molar-refractivity contribution in [2.24, 2.45) is 0 Å². The first-order valence-electron chi connectivity index (χ1n) is 4.50. The Hall–Kier alpha value is -1.30. The Labute approximate surface area is 89.3 Å². The number of hydrogen-bond acceptors (Lipinski definition) is 4. The smallest absolute Gasteiger partial charge is 0.407 e. The number of methoxy groups -OCH3 is 2. The van der Waals surface area contributed by atoms with E-state index >= 15 is 0 Å². The third kappa shape index (κ3) is 3.75. The number of ether oxygens (including phenoxy) is 2. The fraction of sp³-hybridized carbons (Fsp3) is 0.778. The van der Waals surface area contributed by atoms with Gasteiger partial charge in [-0.2, -0.15) is 0 Å². The fourth-order valence-electron chi connectivity index (χ4n) is 0.994. The van der Waals surface area contributed by atoms with Crippen LogP contribution in [0.1, 0.15) is 13.8 Å². The summed E-state index contributed by atoms with van der Waals surface area (Å²) in [6, 6.07) is -0.806. The highest BCUT2D eigenvalue weighted by molar-refractivity contribution is 5.86. The van der Waals surface area contributed by atoms with Crippen molar-refractivity contribution in [3.05, 3.63) is 0 Å². The largest absolute Gasteiger partial charge is 0.453 e. The van der Waals surface area contributed by atoms with Crippen LogP contribution in [-0.2, 0) is 14.3 Å². The van der Waals surface area contributed by atoms with E-state index in [1.165, 1.54) is 21.3 Å². The first-order valence-corrected chi connectivity index (χ1v) is 4.50. The first kappa shape index (κ1) is 13.7. The summed E-state index contributed by atoms with van der Waals surface area (Å²) < 4.78 is 9.57. The van der Waals surface area contributed by atoms with Gasteiger partial charge in [0.2, 0.25) is 5.91 Å². The lowest BCUT2D eigenvalue weighted by Gasteiger charge is -2.31. The number of likely N-dealkylation sites (N-methyl/N-ethyl adjacent to an activating group) is 1. The minimum atomic E-state index is -0.811. The summed E-state index contributed by atoms with van der Waals surface area (Å²) >= 11 is 0. The molecule has 0 aromatic carbocycles. The molecule has 1 atom stereocenters. The minimum absolute atomic E-state index is 0.341. The van der Waals surface area contributed by atoms with Crippen LogP contribution >= 0.6 is 0 Å². The molecule has 88 valence electrons. The molecule has 0 aromatic rings. The lowest BCUT2D eigenvalue weighted by Crippen LogP contribution is -2.57. The van der Waals surface area contributed by atoms with Crippen LogP contribution in [0.3, 0.4) is 0 Å². The molecule has 0 bridgehead atoms. The van der Waals surface area contributed by atoms with Crippen molar-refractivity contribution in [1.82, 2.24) is 10.6 Å². The Balaban J connectivity index is 4.73. The normalized spacial score (nSPS) is 12.9. The van der Waals surface area contributed by atoms with E-state index in [2.05, 4.69) is 15.4 Å². The standard InChI is InChI=1S/C9H18N2O4/c1-9(2,15-5)6(7(12)10-3)11-8(13)14-4/h6H,1-5H3,(H,10,12)(H,11,13)/t6-/m1/s1. The second-order valence-electron chi connectivity index (χ2n) is 3.49. The number of hydrogen-bond donors (Lipinski definition) is 2. The van der Waals surface area contributed by atoms with Gasteiger partial charge in [0, 0.05) is 14.2 Å². The predicted molar refractivity (Wildman–Crippen MR) is 54.5 cm³/mol. The van der Waals surface area contributed by atoms with Gasteiger partial charge in [-0.3, -0.25) is 4.79 Å². The Morgan fingerprint density at radius 2 is 1.80 bits per heavy atom. The van der Waals surface area contributed by atoms with Gasteiger partial charge in [-0.05, 0) is 13.8 Å². The van der Waals surface area contributed by atoms with E-state index in [0.717, 1.165) is 0 Å². The summed E-state index contributed by atoms with van der Waals surface area (Å²) in [6.45, 7) is 3.39. The van der Waals surface area contributed by atoms with Crippen molar-refractivity contribution in [3.8, 4) is 0 Å². The van der Waals surface area contributed by atoms with E-state index in [4.69, 9.17) is 4.74 Å². The van der Waals surface area contributed by atoms with E-state index in [1.54, 1.807) is 13.8 Å². The van der Waals surface area contributed by atoms with Gasteiger partial charge in [-0.1, -0.05) is 0 Å². The summed E-state index contributed by atoms with van der Waals surface area (Å²) in [4.78, 5) is 22.5. The third-order valence-electron chi connectivity index (χ3n) is 2.18. The molecular weight excluding hydrogens is 200 g/mol. The molecule has 2 N–H and O–H groups in total. The number of alkyl carbamates (subject to hydrolysis) is 1. The van der Waals surface area contributed by atoms with E-state index < -0.39 is 17.7 Å². The Kier molecular flexibility index (Phi) is 5.07. The number of carbonyl (C=O) groups is 2.